The molecule has 0 aromatic rings. The van der Waals surface area contributed by atoms with E-state index in [9.17, 15) is 4.57 Å². The van der Waals surface area contributed by atoms with Crippen LogP contribution in [0.5, 0.6) is 0 Å². The zero-order valence-electron chi connectivity index (χ0n) is 2.67. The van der Waals surface area contributed by atoms with Crippen molar-refractivity contribution in [3.05, 3.63) is 0 Å². The molecule has 0 aromatic heterocycles. The first kappa shape index (κ1) is 4.61. The van der Waals surface area contributed by atoms with Gasteiger partial charge in [0.1, 0.15) is 0 Å². The highest BCUT2D eigenvalue weighted by Gasteiger charge is 2.30. The Balaban J connectivity index is 2.37. The summed E-state index contributed by atoms with van der Waals surface area (Å²) >= 11 is 0. The van der Waals surface area contributed by atoms with Crippen LogP contribution in [-0.4, -0.2) is 18.6 Å². The molecule has 1 fully saturated rings. The molecular formula is O3PSi2+. The van der Waals surface area contributed by atoms with Gasteiger partial charge in [-0.2, -0.15) is 8.43 Å². The second-order valence-corrected chi connectivity index (χ2v) is 4.15. The topological polar surface area (TPSA) is 35.5 Å². The molecule has 1 heterocycles. The third kappa shape index (κ3) is 0.956. The third-order valence-corrected chi connectivity index (χ3v) is 4.18. The van der Waals surface area contributed by atoms with E-state index in [1.165, 1.54) is 0 Å². The Kier molecular flexibility index (Phi) is 1.50. The Morgan fingerprint density at radius 3 is 2.00 bits per heavy atom. The molecular weight excluding hydrogens is 135 g/mol. The fourth-order valence-electron chi connectivity index (χ4n) is 0.130. The van der Waals surface area contributed by atoms with Crippen molar-refractivity contribution in [3.63, 3.8) is 0 Å². The van der Waals surface area contributed by atoms with Crippen molar-refractivity contribution in [3.8, 4) is 0 Å². The van der Waals surface area contributed by atoms with Crippen LogP contribution in [0.25, 0.3) is 0 Å². The first-order chi connectivity index (χ1) is 2.89. The van der Waals surface area contributed by atoms with Gasteiger partial charge in [0.15, 0.2) is 0 Å². The van der Waals surface area contributed by atoms with Crippen LogP contribution < -0.4 is 0 Å². The Hall–Kier alpha value is 0.454. The molecule has 1 aliphatic rings. The first-order valence-electron chi connectivity index (χ1n) is 1.21. The van der Waals surface area contributed by atoms with E-state index in [0.29, 0.717) is 18.6 Å². The molecule has 1 rings (SSSR count). The molecule has 1 aliphatic heterocycles. The van der Waals surface area contributed by atoms with Crippen molar-refractivity contribution in [1.29, 1.82) is 0 Å². The first-order valence-corrected chi connectivity index (χ1v) is 5.12. The van der Waals surface area contributed by atoms with Crippen LogP contribution in [0.4, 0.5) is 0 Å². The largest absolute Gasteiger partial charge is 0.672 e. The summed E-state index contributed by atoms with van der Waals surface area (Å²) in [5.74, 6) is 0. The molecule has 0 atom stereocenters. The highest BCUT2D eigenvalue weighted by Crippen LogP contribution is 2.25. The van der Waals surface area contributed by atoms with Gasteiger partial charge in [0.2, 0.25) is 0 Å². The van der Waals surface area contributed by atoms with Gasteiger partial charge in [-0.1, -0.05) is 0 Å². The molecule has 4 radical (unpaired) electrons. The van der Waals surface area contributed by atoms with E-state index in [1.807, 2.05) is 0 Å². The maximum atomic E-state index is 9.96. The summed E-state index contributed by atoms with van der Waals surface area (Å²) in [6, 6.07) is 0. The van der Waals surface area contributed by atoms with Crippen LogP contribution in [0.2, 0.25) is 0 Å². The Morgan fingerprint density at radius 2 is 1.83 bits per heavy atom. The van der Waals surface area contributed by atoms with Gasteiger partial charge >= 0.3 is 26.8 Å². The third-order valence-electron chi connectivity index (χ3n) is 0.282. The van der Waals surface area contributed by atoms with E-state index in [2.05, 4.69) is 8.43 Å². The molecule has 30 valence electrons. The molecule has 0 aliphatic carbocycles. The quantitative estimate of drug-likeness (QED) is 0.342. The molecule has 0 saturated carbocycles. The van der Waals surface area contributed by atoms with E-state index in [-0.39, 0.29) is 0 Å². The van der Waals surface area contributed by atoms with Crippen LogP contribution in [0.3, 0.4) is 0 Å². The highest BCUT2D eigenvalue weighted by molar-refractivity contribution is 7.41. The number of hydrogen-bond donors (Lipinski definition) is 0. The minimum absolute atomic E-state index is 0.311. The monoisotopic (exact) mass is 135 g/mol. The van der Waals surface area contributed by atoms with Crippen molar-refractivity contribution in [1.82, 2.24) is 0 Å². The van der Waals surface area contributed by atoms with E-state index in [1.54, 1.807) is 0 Å². The molecule has 1 saturated heterocycles. The van der Waals surface area contributed by atoms with Gasteiger partial charge in [-0.3, -0.25) is 0 Å². The second-order valence-electron chi connectivity index (χ2n) is 0.610. The van der Waals surface area contributed by atoms with Crippen molar-refractivity contribution in [2.24, 2.45) is 0 Å². The summed E-state index contributed by atoms with van der Waals surface area (Å²) in [6.07, 6.45) is 0. The van der Waals surface area contributed by atoms with Gasteiger partial charge in [-0.25, -0.2) is 0 Å². The van der Waals surface area contributed by atoms with Crippen molar-refractivity contribution in [2.75, 3.05) is 0 Å². The second kappa shape index (κ2) is 1.95. The molecule has 0 N–H and O–H groups in total. The van der Waals surface area contributed by atoms with Gasteiger partial charge in [0.05, 0.1) is 0 Å². The van der Waals surface area contributed by atoms with E-state index < -0.39 is 8.25 Å². The van der Waals surface area contributed by atoms with Crippen molar-refractivity contribution < 1.29 is 13.0 Å². The van der Waals surface area contributed by atoms with Gasteiger partial charge in [-0.05, 0) is 0 Å². The molecule has 6 heavy (non-hydrogen) atoms. The van der Waals surface area contributed by atoms with Crippen LogP contribution >= 0.6 is 8.25 Å². The van der Waals surface area contributed by atoms with Crippen molar-refractivity contribution >= 4 is 26.8 Å². The molecule has 0 unspecified atom stereocenters. The van der Waals surface area contributed by atoms with E-state index in [4.69, 9.17) is 0 Å². The van der Waals surface area contributed by atoms with E-state index in [0.717, 1.165) is 0 Å². The lowest BCUT2D eigenvalue weighted by molar-refractivity contribution is 0.460. The summed E-state index contributed by atoms with van der Waals surface area (Å²) in [7, 11) is -1.07. The Morgan fingerprint density at radius 1 is 1.33 bits per heavy atom. The lowest BCUT2D eigenvalue weighted by Gasteiger charge is -1.56. The number of rotatable bonds is 0. The normalized spacial score (nSPS) is 22.3. The lowest BCUT2D eigenvalue weighted by Crippen LogP contribution is -1.92. The average Bonchev–Trinajstić information content (AvgIpc) is 1.86. The maximum absolute atomic E-state index is 9.96. The van der Waals surface area contributed by atoms with Crippen LogP contribution in [-0.2, 0) is 13.0 Å². The average molecular weight is 135 g/mol. The maximum Gasteiger partial charge on any atom is 0.672 e. The summed E-state index contributed by atoms with van der Waals surface area (Å²) < 4.78 is 18.9. The van der Waals surface area contributed by atoms with Gasteiger partial charge in [-0.15, -0.1) is 0 Å². The molecule has 6 heteroatoms. The minimum Gasteiger partial charge on any atom is -0.178 e. The molecule has 0 bridgehead atoms. The standard InChI is InChI=1S/O3PSi2/c1-4-2-5-6-3-4/q+1. The Labute approximate surface area is 40.7 Å². The molecule has 0 aromatic carbocycles. The van der Waals surface area contributed by atoms with Crippen molar-refractivity contribution in [2.45, 2.75) is 0 Å². The fraction of sp³-hybridized carbons (Fsp3) is 0. The summed E-state index contributed by atoms with van der Waals surface area (Å²) in [6.45, 7) is 0. The van der Waals surface area contributed by atoms with E-state index >= 15 is 0 Å². The van der Waals surface area contributed by atoms with Crippen LogP contribution in [0.1, 0.15) is 0 Å². The van der Waals surface area contributed by atoms with Gasteiger partial charge < -0.3 is 0 Å². The fourth-order valence-corrected chi connectivity index (χ4v) is 3.52. The van der Waals surface area contributed by atoms with Crippen LogP contribution in [0, 0.1) is 0 Å². The zero-order valence-corrected chi connectivity index (χ0v) is 5.57. The van der Waals surface area contributed by atoms with Gasteiger partial charge in [0.25, 0.3) is 0 Å². The highest BCUT2D eigenvalue weighted by atomic mass is 31.1. The Bertz CT molecular complexity index is 63.2. The minimum atomic E-state index is -1.69. The summed E-state index contributed by atoms with van der Waals surface area (Å²) in [5, 5.41) is 0. The predicted octanol–water partition coefficient (Wildman–Crippen LogP) is -0.156. The summed E-state index contributed by atoms with van der Waals surface area (Å²) in [4.78, 5) is 0. The molecule has 0 spiro atoms. The molecule has 3 nitrogen and oxygen atoms in total. The zero-order chi connectivity index (χ0) is 4.41. The van der Waals surface area contributed by atoms with Crippen LogP contribution in [0.15, 0.2) is 0 Å². The lowest BCUT2D eigenvalue weighted by atomic mass is 15.8. The summed E-state index contributed by atoms with van der Waals surface area (Å²) in [5.41, 5.74) is 0. The SMILES string of the molecule is O=[P+]1O[Si][Si]O1. The molecule has 0 amide bonds. The smallest absolute Gasteiger partial charge is 0.178 e. The van der Waals surface area contributed by atoms with Gasteiger partial charge in [0, 0.05) is 4.57 Å². The number of hydrogen-bond acceptors (Lipinski definition) is 3. The predicted molar refractivity (Wildman–Crippen MR) is 21.3 cm³/mol.